The van der Waals surface area contributed by atoms with E-state index in [1.165, 1.54) is 6.20 Å². The summed E-state index contributed by atoms with van der Waals surface area (Å²) >= 11 is 12.3. The van der Waals surface area contributed by atoms with E-state index >= 15 is 0 Å². The van der Waals surface area contributed by atoms with E-state index in [0.29, 0.717) is 33.2 Å². The van der Waals surface area contributed by atoms with Crippen molar-refractivity contribution >= 4 is 52.3 Å². The van der Waals surface area contributed by atoms with E-state index in [-0.39, 0.29) is 23.9 Å². The molecular formula is C19H24Cl2N6O. The highest BCUT2D eigenvalue weighted by Gasteiger charge is 2.33. The lowest BCUT2D eigenvalue weighted by molar-refractivity contribution is -0.125. The highest BCUT2D eigenvalue weighted by Crippen LogP contribution is 2.31. The van der Waals surface area contributed by atoms with E-state index in [2.05, 4.69) is 25.9 Å². The quantitative estimate of drug-likeness (QED) is 0.519. The van der Waals surface area contributed by atoms with Crippen LogP contribution in [-0.4, -0.2) is 28.0 Å². The number of carbonyl (C=O) groups is 1. The number of hydrogen-bond donors (Lipinski definition) is 4. The molecule has 2 aromatic rings. The summed E-state index contributed by atoms with van der Waals surface area (Å²) in [6.45, 7) is 3.91. The van der Waals surface area contributed by atoms with Crippen LogP contribution in [0.5, 0.6) is 0 Å². The SMILES string of the molecule is CC(C)NC(=O)[C@H]1CCC[C@H]1Nc1nc(Nc2ccc(N)c(Cl)c2)ncc1Cl. The second-order valence-corrected chi connectivity index (χ2v) is 8.02. The fourth-order valence-electron chi connectivity index (χ4n) is 3.28. The van der Waals surface area contributed by atoms with Gasteiger partial charge in [-0.2, -0.15) is 4.98 Å². The lowest BCUT2D eigenvalue weighted by Crippen LogP contribution is -2.41. The third kappa shape index (κ3) is 4.97. The number of nitrogen functional groups attached to an aromatic ring is 1. The van der Waals surface area contributed by atoms with E-state index in [1.807, 2.05) is 13.8 Å². The van der Waals surface area contributed by atoms with Gasteiger partial charge in [0.05, 0.1) is 22.8 Å². The van der Waals surface area contributed by atoms with Crippen molar-refractivity contribution in [2.75, 3.05) is 16.4 Å². The molecule has 0 saturated heterocycles. The maximum atomic E-state index is 12.5. The molecule has 1 heterocycles. The second kappa shape index (κ2) is 8.84. The number of amides is 1. The molecule has 9 heteroatoms. The van der Waals surface area contributed by atoms with Gasteiger partial charge in [0.2, 0.25) is 11.9 Å². The fourth-order valence-corrected chi connectivity index (χ4v) is 3.60. The molecule has 5 N–H and O–H groups in total. The molecule has 28 heavy (non-hydrogen) atoms. The molecule has 0 spiro atoms. The van der Waals surface area contributed by atoms with E-state index in [4.69, 9.17) is 28.9 Å². The minimum absolute atomic E-state index is 0.0232. The fraction of sp³-hybridized carbons (Fsp3) is 0.421. The van der Waals surface area contributed by atoms with Gasteiger partial charge in [0.1, 0.15) is 5.02 Å². The largest absolute Gasteiger partial charge is 0.398 e. The van der Waals surface area contributed by atoms with Crippen molar-refractivity contribution in [2.24, 2.45) is 5.92 Å². The first kappa shape index (κ1) is 20.5. The summed E-state index contributed by atoms with van der Waals surface area (Å²) in [5.41, 5.74) is 6.94. The zero-order valence-corrected chi connectivity index (χ0v) is 17.3. The van der Waals surface area contributed by atoms with E-state index in [9.17, 15) is 4.79 Å². The smallest absolute Gasteiger partial charge is 0.229 e. The summed E-state index contributed by atoms with van der Waals surface area (Å²) in [7, 11) is 0. The molecule has 2 atom stereocenters. The van der Waals surface area contributed by atoms with Gasteiger partial charge in [-0.1, -0.05) is 29.6 Å². The lowest BCUT2D eigenvalue weighted by Gasteiger charge is -2.22. The first-order chi connectivity index (χ1) is 13.3. The number of carbonyl (C=O) groups excluding carboxylic acids is 1. The van der Waals surface area contributed by atoms with Crippen LogP contribution in [0.3, 0.4) is 0 Å². The Bertz CT molecular complexity index is 860. The molecule has 1 aromatic heterocycles. The summed E-state index contributed by atoms with van der Waals surface area (Å²) in [6, 6.07) is 5.28. The van der Waals surface area contributed by atoms with Crippen LogP contribution in [0, 0.1) is 5.92 Å². The number of nitrogens with one attached hydrogen (secondary N) is 3. The van der Waals surface area contributed by atoms with Crippen LogP contribution < -0.4 is 21.7 Å². The predicted octanol–water partition coefficient (Wildman–Crippen LogP) is 4.21. The van der Waals surface area contributed by atoms with Crippen LogP contribution in [0.4, 0.5) is 23.1 Å². The Hall–Kier alpha value is -2.25. The molecule has 1 saturated carbocycles. The standard InChI is InChI=1S/C19H24Cl2N6O/c1-10(2)24-18(28)12-4-3-5-16(12)26-17-14(21)9-23-19(27-17)25-11-6-7-15(22)13(20)8-11/h6-10,12,16H,3-5,22H2,1-2H3,(H,24,28)(H2,23,25,26,27)/t12-,16+/m0/s1. The number of nitrogens with zero attached hydrogens (tertiary/aromatic N) is 2. The van der Waals surface area contributed by atoms with Crippen molar-refractivity contribution in [3.63, 3.8) is 0 Å². The molecule has 1 aliphatic rings. The van der Waals surface area contributed by atoms with Crippen molar-refractivity contribution in [3.05, 3.63) is 34.4 Å². The highest BCUT2D eigenvalue weighted by molar-refractivity contribution is 6.33. The molecule has 0 aliphatic heterocycles. The van der Waals surface area contributed by atoms with Crippen molar-refractivity contribution in [3.8, 4) is 0 Å². The molecule has 1 aromatic carbocycles. The summed E-state index contributed by atoms with van der Waals surface area (Å²) in [5.74, 6) is 0.815. The Morgan fingerprint density at radius 3 is 2.75 bits per heavy atom. The van der Waals surface area contributed by atoms with Crippen molar-refractivity contribution in [1.82, 2.24) is 15.3 Å². The number of anilines is 4. The van der Waals surface area contributed by atoms with Gasteiger partial charge in [-0.05, 0) is 44.9 Å². The molecule has 0 bridgehead atoms. The summed E-state index contributed by atoms with van der Waals surface area (Å²) in [4.78, 5) is 21.1. The normalized spacial score (nSPS) is 18.9. The van der Waals surface area contributed by atoms with Gasteiger partial charge in [0.25, 0.3) is 0 Å². The summed E-state index contributed by atoms with van der Waals surface area (Å²) in [6.07, 6.45) is 4.22. The zero-order chi connectivity index (χ0) is 20.3. The predicted molar refractivity (Wildman–Crippen MR) is 114 cm³/mol. The van der Waals surface area contributed by atoms with Crippen LogP contribution in [0.2, 0.25) is 10.0 Å². The van der Waals surface area contributed by atoms with Gasteiger partial charge in [0.15, 0.2) is 5.82 Å². The first-order valence-electron chi connectivity index (χ1n) is 9.25. The lowest BCUT2D eigenvalue weighted by atomic mass is 10.0. The average molecular weight is 423 g/mol. The van der Waals surface area contributed by atoms with E-state index in [1.54, 1.807) is 18.2 Å². The number of hydrogen-bond acceptors (Lipinski definition) is 6. The number of aromatic nitrogens is 2. The molecule has 1 aliphatic carbocycles. The van der Waals surface area contributed by atoms with Gasteiger partial charge in [0, 0.05) is 17.8 Å². The minimum Gasteiger partial charge on any atom is -0.398 e. The summed E-state index contributed by atoms with van der Waals surface area (Å²) in [5, 5.41) is 10.2. The Balaban J connectivity index is 1.74. The molecule has 1 amide bonds. The topological polar surface area (TPSA) is 105 Å². The Labute approximate surface area is 174 Å². The van der Waals surface area contributed by atoms with E-state index in [0.717, 1.165) is 19.3 Å². The van der Waals surface area contributed by atoms with E-state index < -0.39 is 0 Å². The Morgan fingerprint density at radius 1 is 1.25 bits per heavy atom. The van der Waals surface area contributed by atoms with Gasteiger partial charge in [-0.25, -0.2) is 4.98 Å². The monoisotopic (exact) mass is 422 g/mol. The number of benzene rings is 1. The minimum atomic E-state index is -0.110. The Morgan fingerprint density at radius 2 is 2.04 bits per heavy atom. The van der Waals surface area contributed by atoms with Crippen molar-refractivity contribution < 1.29 is 4.79 Å². The van der Waals surface area contributed by atoms with Crippen LogP contribution >= 0.6 is 23.2 Å². The molecule has 0 unspecified atom stereocenters. The number of nitrogens with two attached hydrogens (primary N) is 1. The van der Waals surface area contributed by atoms with Crippen LogP contribution in [0.1, 0.15) is 33.1 Å². The van der Waals surface area contributed by atoms with Gasteiger partial charge < -0.3 is 21.7 Å². The molecule has 150 valence electrons. The number of halogens is 2. The zero-order valence-electron chi connectivity index (χ0n) is 15.8. The molecule has 1 fully saturated rings. The number of rotatable bonds is 6. The maximum Gasteiger partial charge on any atom is 0.229 e. The van der Waals surface area contributed by atoms with Gasteiger partial charge >= 0.3 is 0 Å². The second-order valence-electron chi connectivity index (χ2n) is 7.20. The van der Waals surface area contributed by atoms with Crippen molar-refractivity contribution in [1.29, 1.82) is 0 Å². The summed E-state index contributed by atoms with van der Waals surface area (Å²) < 4.78 is 0. The van der Waals surface area contributed by atoms with Gasteiger partial charge in [-0.15, -0.1) is 0 Å². The van der Waals surface area contributed by atoms with Crippen molar-refractivity contribution in [2.45, 2.75) is 45.2 Å². The third-order valence-corrected chi connectivity index (χ3v) is 5.21. The van der Waals surface area contributed by atoms with Gasteiger partial charge in [-0.3, -0.25) is 4.79 Å². The third-order valence-electron chi connectivity index (χ3n) is 4.61. The van der Waals surface area contributed by atoms with Crippen LogP contribution in [-0.2, 0) is 4.79 Å². The van der Waals surface area contributed by atoms with Crippen LogP contribution in [0.15, 0.2) is 24.4 Å². The van der Waals surface area contributed by atoms with Crippen LogP contribution in [0.25, 0.3) is 0 Å². The Kier molecular flexibility index (Phi) is 6.46. The average Bonchev–Trinajstić information content (AvgIpc) is 3.09. The maximum absolute atomic E-state index is 12.5. The molecule has 3 rings (SSSR count). The molecular weight excluding hydrogens is 399 g/mol. The highest BCUT2D eigenvalue weighted by atomic mass is 35.5. The molecule has 0 radical (unpaired) electrons. The first-order valence-corrected chi connectivity index (χ1v) is 10.0. The molecule has 7 nitrogen and oxygen atoms in total.